The van der Waals surface area contributed by atoms with E-state index in [1.165, 1.54) is 4.90 Å². The molecule has 7 nitrogen and oxygen atoms in total. The van der Waals surface area contributed by atoms with E-state index in [9.17, 15) is 18.9 Å². The number of hydrogen-bond acceptors (Lipinski definition) is 4. The Balaban J connectivity index is 2.61. The summed E-state index contributed by atoms with van der Waals surface area (Å²) in [5.41, 5.74) is 0. The quantitative estimate of drug-likeness (QED) is 0.669. The molecule has 21 heavy (non-hydrogen) atoms. The molecular formula is C13H24N2O5S. The molecule has 3 unspecified atom stereocenters. The molecule has 3 atom stereocenters. The summed E-state index contributed by atoms with van der Waals surface area (Å²) < 4.78 is 16.6. The Bertz CT molecular complexity index is 391. The lowest BCUT2D eigenvalue weighted by molar-refractivity contribution is -0.142. The second-order valence-corrected chi connectivity index (χ2v) is 6.77. The summed E-state index contributed by atoms with van der Waals surface area (Å²) >= 11 is 0. The van der Waals surface area contributed by atoms with E-state index in [4.69, 9.17) is 4.74 Å². The maximum absolute atomic E-state index is 12.2. The van der Waals surface area contributed by atoms with Crippen LogP contribution in [0, 0.1) is 5.92 Å². The number of rotatable bonds is 8. The van der Waals surface area contributed by atoms with Gasteiger partial charge in [-0.05, 0) is 6.42 Å². The van der Waals surface area contributed by atoms with Crippen molar-refractivity contribution < 1.29 is 23.6 Å². The zero-order valence-electron chi connectivity index (χ0n) is 12.5. The molecule has 0 radical (unpaired) electrons. The topological polar surface area (TPSA) is 95.9 Å². The van der Waals surface area contributed by atoms with Crippen LogP contribution < -0.4 is 5.32 Å². The Morgan fingerprint density at radius 2 is 2.10 bits per heavy atom. The van der Waals surface area contributed by atoms with E-state index in [0.29, 0.717) is 24.6 Å². The molecule has 0 aromatic carbocycles. The molecule has 1 saturated heterocycles. The van der Waals surface area contributed by atoms with Gasteiger partial charge in [0.2, 0.25) is 0 Å². The summed E-state index contributed by atoms with van der Waals surface area (Å²) in [6.07, 6.45) is 0.733. The van der Waals surface area contributed by atoms with Crippen LogP contribution in [0.5, 0.6) is 0 Å². The van der Waals surface area contributed by atoms with E-state index in [-0.39, 0.29) is 19.2 Å². The van der Waals surface area contributed by atoms with Gasteiger partial charge in [-0.1, -0.05) is 13.8 Å². The van der Waals surface area contributed by atoms with Crippen LogP contribution in [0.2, 0.25) is 0 Å². The maximum atomic E-state index is 12.2. The van der Waals surface area contributed by atoms with Gasteiger partial charge >= 0.3 is 12.0 Å². The van der Waals surface area contributed by atoms with Gasteiger partial charge in [-0.15, -0.1) is 0 Å². The van der Waals surface area contributed by atoms with E-state index >= 15 is 0 Å². The molecule has 2 amide bonds. The fourth-order valence-electron chi connectivity index (χ4n) is 2.26. The Morgan fingerprint density at radius 3 is 2.67 bits per heavy atom. The predicted molar refractivity (Wildman–Crippen MR) is 79.7 cm³/mol. The standard InChI is InChI=1S/C13H24N2O5S/c1-3-6-15(11-9-20-8-10(11)12(16)17)13(18)14-5-7-21(19)4-2/h10-11H,3-9H2,1-2H3,(H,14,18)(H,16,17). The van der Waals surface area contributed by atoms with Gasteiger partial charge in [0.05, 0.1) is 19.3 Å². The van der Waals surface area contributed by atoms with Crippen LogP contribution in [0.25, 0.3) is 0 Å². The highest BCUT2D eigenvalue weighted by Gasteiger charge is 2.39. The highest BCUT2D eigenvalue weighted by molar-refractivity contribution is 7.84. The Kier molecular flexibility index (Phi) is 7.66. The number of aliphatic carboxylic acids is 1. The summed E-state index contributed by atoms with van der Waals surface area (Å²) in [6, 6.07) is -0.758. The molecule has 0 spiro atoms. The summed E-state index contributed by atoms with van der Waals surface area (Å²) in [5.74, 6) is -0.664. The first-order valence-electron chi connectivity index (χ1n) is 7.21. The summed E-state index contributed by atoms with van der Waals surface area (Å²) in [6.45, 7) is 4.93. The SMILES string of the molecule is CCCN(C(=O)NCCS(=O)CC)C1COCC1C(=O)O. The van der Waals surface area contributed by atoms with Crippen molar-refractivity contribution in [3.63, 3.8) is 0 Å². The normalized spacial score (nSPS) is 22.8. The molecule has 0 bridgehead atoms. The molecule has 1 rings (SSSR count). The minimum atomic E-state index is -0.946. The lowest BCUT2D eigenvalue weighted by Gasteiger charge is -2.30. The Labute approximate surface area is 127 Å². The van der Waals surface area contributed by atoms with Gasteiger partial charge in [-0.2, -0.15) is 0 Å². The number of nitrogens with zero attached hydrogens (tertiary/aromatic N) is 1. The third kappa shape index (κ3) is 5.28. The first-order valence-corrected chi connectivity index (χ1v) is 8.70. The number of carboxylic acid groups (broad SMARTS) is 1. The van der Waals surface area contributed by atoms with E-state index in [1.807, 2.05) is 13.8 Å². The van der Waals surface area contributed by atoms with Crippen LogP contribution in [0.4, 0.5) is 4.79 Å². The van der Waals surface area contributed by atoms with Crippen LogP contribution in [-0.4, -0.2) is 70.1 Å². The second-order valence-electron chi connectivity index (χ2n) is 4.91. The summed E-state index contributed by atoms with van der Waals surface area (Å²) in [5, 5.41) is 11.9. The van der Waals surface area contributed by atoms with Crippen LogP contribution >= 0.6 is 0 Å². The van der Waals surface area contributed by atoms with Gasteiger partial charge in [0.1, 0.15) is 5.92 Å². The van der Waals surface area contributed by atoms with E-state index < -0.39 is 28.7 Å². The first kappa shape index (κ1) is 17.9. The average Bonchev–Trinajstić information content (AvgIpc) is 2.93. The van der Waals surface area contributed by atoms with E-state index in [1.54, 1.807) is 0 Å². The van der Waals surface area contributed by atoms with Crippen molar-refractivity contribution in [2.75, 3.05) is 37.8 Å². The molecular weight excluding hydrogens is 296 g/mol. The molecule has 8 heteroatoms. The lowest BCUT2D eigenvalue weighted by Crippen LogP contribution is -2.51. The highest BCUT2D eigenvalue weighted by atomic mass is 32.2. The molecule has 1 heterocycles. The Hall–Kier alpha value is -1.15. The molecule has 0 aromatic heterocycles. The van der Waals surface area contributed by atoms with E-state index in [2.05, 4.69) is 5.32 Å². The number of carboxylic acids is 1. The molecule has 0 aliphatic carbocycles. The van der Waals surface area contributed by atoms with Crippen molar-refractivity contribution in [3.8, 4) is 0 Å². The van der Waals surface area contributed by atoms with Crippen LogP contribution in [0.1, 0.15) is 20.3 Å². The number of urea groups is 1. The number of hydrogen-bond donors (Lipinski definition) is 2. The minimum absolute atomic E-state index is 0.132. The first-order chi connectivity index (χ1) is 10.0. The van der Waals surface area contributed by atoms with Gasteiger partial charge in [0.25, 0.3) is 0 Å². The molecule has 2 N–H and O–H groups in total. The van der Waals surface area contributed by atoms with Crippen LogP contribution in [0.3, 0.4) is 0 Å². The van der Waals surface area contributed by atoms with Gasteiger partial charge < -0.3 is 20.1 Å². The third-order valence-corrected chi connectivity index (χ3v) is 4.72. The van der Waals surface area contributed by atoms with Crippen molar-refractivity contribution in [1.29, 1.82) is 0 Å². The molecule has 0 aromatic rings. The summed E-state index contributed by atoms with van der Waals surface area (Å²) in [4.78, 5) is 25.0. The number of nitrogens with one attached hydrogen (secondary N) is 1. The van der Waals surface area contributed by atoms with Gasteiger partial charge in [-0.3, -0.25) is 9.00 Å². The van der Waals surface area contributed by atoms with Crippen molar-refractivity contribution >= 4 is 22.8 Å². The fourth-order valence-corrected chi connectivity index (χ4v) is 2.88. The average molecular weight is 320 g/mol. The number of carbonyl (C=O) groups excluding carboxylic acids is 1. The van der Waals surface area contributed by atoms with Gasteiger partial charge in [0, 0.05) is 35.4 Å². The van der Waals surface area contributed by atoms with Gasteiger partial charge in [-0.25, -0.2) is 4.79 Å². The smallest absolute Gasteiger partial charge is 0.317 e. The molecule has 0 saturated carbocycles. The maximum Gasteiger partial charge on any atom is 0.317 e. The monoisotopic (exact) mass is 320 g/mol. The number of ether oxygens (including phenoxy) is 1. The predicted octanol–water partition coefficient (Wildman–Crippen LogP) is 0.276. The van der Waals surface area contributed by atoms with Crippen LogP contribution in [0.15, 0.2) is 0 Å². The number of amides is 2. The molecule has 1 aliphatic heterocycles. The highest BCUT2D eigenvalue weighted by Crippen LogP contribution is 2.20. The zero-order valence-corrected chi connectivity index (χ0v) is 13.4. The lowest BCUT2D eigenvalue weighted by atomic mass is 10.0. The van der Waals surface area contributed by atoms with Crippen molar-refractivity contribution in [2.45, 2.75) is 26.3 Å². The fraction of sp³-hybridized carbons (Fsp3) is 0.846. The van der Waals surface area contributed by atoms with Crippen LogP contribution in [-0.2, 0) is 20.3 Å². The minimum Gasteiger partial charge on any atom is -0.481 e. The molecule has 1 fully saturated rings. The van der Waals surface area contributed by atoms with E-state index in [0.717, 1.165) is 6.42 Å². The molecule has 122 valence electrons. The molecule has 1 aliphatic rings. The largest absolute Gasteiger partial charge is 0.481 e. The van der Waals surface area contributed by atoms with Crippen molar-refractivity contribution in [2.24, 2.45) is 5.92 Å². The Morgan fingerprint density at radius 1 is 1.38 bits per heavy atom. The zero-order chi connectivity index (χ0) is 15.8. The van der Waals surface area contributed by atoms with Gasteiger partial charge in [0.15, 0.2) is 0 Å². The number of carbonyl (C=O) groups is 2. The second kappa shape index (κ2) is 8.99. The van der Waals surface area contributed by atoms with Crippen molar-refractivity contribution in [1.82, 2.24) is 10.2 Å². The third-order valence-electron chi connectivity index (χ3n) is 3.42. The summed E-state index contributed by atoms with van der Waals surface area (Å²) in [7, 11) is -0.929. The van der Waals surface area contributed by atoms with Crippen molar-refractivity contribution in [3.05, 3.63) is 0 Å².